The van der Waals surface area contributed by atoms with Crippen LogP contribution in [0.25, 0.3) is 11.1 Å². The second-order valence-corrected chi connectivity index (χ2v) is 9.71. The molecule has 31 heavy (non-hydrogen) atoms. The summed E-state index contributed by atoms with van der Waals surface area (Å²) in [5.41, 5.74) is 5.38. The van der Waals surface area contributed by atoms with Gasteiger partial charge in [-0.3, -0.25) is 0 Å². The second kappa shape index (κ2) is 12.1. The summed E-state index contributed by atoms with van der Waals surface area (Å²) in [6, 6.07) is 20.9. The number of unbranched alkanes of at least 4 members (excludes halogenated alkanes) is 6. The van der Waals surface area contributed by atoms with Gasteiger partial charge in [-0.05, 0) is 66.7 Å². The average molecular weight is 416 g/mol. The van der Waals surface area contributed by atoms with Gasteiger partial charge in [-0.15, -0.1) is 0 Å². The van der Waals surface area contributed by atoms with Crippen LogP contribution < -0.4 is 0 Å². The lowest BCUT2D eigenvalue weighted by Gasteiger charge is -2.35. The van der Waals surface area contributed by atoms with Gasteiger partial charge in [0.05, 0.1) is 11.5 Å². The lowest BCUT2D eigenvalue weighted by Crippen LogP contribution is -2.25. The molecule has 0 aromatic heterocycles. The van der Waals surface area contributed by atoms with E-state index >= 15 is 0 Å². The molecule has 166 valence electrons. The van der Waals surface area contributed by atoms with Crippen LogP contribution >= 0.6 is 0 Å². The first-order chi connectivity index (χ1) is 15.2. The maximum atomic E-state index is 9.92. The van der Waals surface area contributed by atoms with Crippen molar-refractivity contribution in [3.05, 3.63) is 59.7 Å². The molecule has 0 unspecified atom stereocenters. The van der Waals surface area contributed by atoms with E-state index in [0.29, 0.717) is 5.92 Å². The summed E-state index contributed by atoms with van der Waals surface area (Å²) in [4.78, 5) is 0. The summed E-state index contributed by atoms with van der Waals surface area (Å²) >= 11 is 0. The van der Waals surface area contributed by atoms with E-state index in [1.807, 2.05) is 0 Å². The molecule has 0 heterocycles. The molecule has 1 fully saturated rings. The normalized spacial score (nSPS) is 21.0. The quantitative estimate of drug-likeness (QED) is 0.335. The van der Waals surface area contributed by atoms with Crippen molar-refractivity contribution in [1.82, 2.24) is 0 Å². The van der Waals surface area contributed by atoms with Gasteiger partial charge in [-0.1, -0.05) is 107 Å². The zero-order valence-corrected chi connectivity index (χ0v) is 19.8. The first-order valence-electron chi connectivity index (χ1n) is 12.8. The SMILES string of the molecule is CCCCCCCCCC1(C#N)CCC(c2ccc(-c3ccc(CC)cc3)cc2)CC1. The second-order valence-electron chi connectivity index (χ2n) is 9.71. The van der Waals surface area contributed by atoms with Crippen LogP contribution in [0.1, 0.15) is 108 Å². The van der Waals surface area contributed by atoms with Crippen LogP contribution in [-0.2, 0) is 6.42 Å². The third-order valence-corrected chi connectivity index (χ3v) is 7.52. The molecule has 1 aliphatic rings. The predicted octanol–water partition coefficient (Wildman–Crippen LogP) is 9.22. The number of rotatable bonds is 11. The number of nitriles is 1. The Morgan fingerprint density at radius 1 is 0.774 bits per heavy atom. The fourth-order valence-electron chi connectivity index (χ4n) is 5.22. The van der Waals surface area contributed by atoms with Crippen molar-refractivity contribution in [2.75, 3.05) is 0 Å². The summed E-state index contributed by atoms with van der Waals surface area (Å²) in [5.74, 6) is 0.618. The Labute approximate surface area is 190 Å². The van der Waals surface area contributed by atoms with E-state index in [0.717, 1.165) is 38.5 Å². The van der Waals surface area contributed by atoms with Gasteiger partial charge in [0.1, 0.15) is 0 Å². The van der Waals surface area contributed by atoms with Gasteiger partial charge in [-0.2, -0.15) is 5.26 Å². The summed E-state index contributed by atoms with van der Waals surface area (Å²) in [5, 5.41) is 9.92. The minimum Gasteiger partial charge on any atom is -0.198 e. The highest BCUT2D eigenvalue weighted by Gasteiger charge is 2.35. The molecule has 0 saturated heterocycles. The number of nitrogens with zero attached hydrogens (tertiary/aromatic N) is 1. The Bertz CT molecular complexity index is 801. The number of benzene rings is 2. The molecule has 1 nitrogen and oxygen atoms in total. The molecule has 0 spiro atoms. The van der Waals surface area contributed by atoms with E-state index in [4.69, 9.17) is 0 Å². The molecule has 0 aliphatic heterocycles. The molecule has 2 aromatic carbocycles. The predicted molar refractivity (Wildman–Crippen MR) is 133 cm³/mol. The Morgan fingerprint density at radius 2 is 1.32 bits per heavy atom. The highest BCUT2D eigenvalue weighted by Crippen LogP contribution is 2.45. The zero-order chi connectivity index (χ0) is 21.9. The molecule has 0 atom stereocenters. The third kappa shape index (κ3) is 6.70. The van der Waals surface area contributed by atoms with Gasteiger partial charge in [-0.25, -0.2) is 0 Å². The molecule has 0 amide bonds. The Kier molecular flexibility index (Phi) is 9.20. The molecule has 1 saturated carbocycles. The van der Waals surface area contributed by atoms with Crippen LogP contribution in [0, 0.1) is 16.7 Å². The first kappa shape index (κ1) is 23.6. The van der Waals surface area contributed by atoms with Gasteiger partial charge < -0.3 is 0 Å². The van der Waals surface area contributed by atoms with Crippen molar-refractivity contribution >= 4 is 0 Å². The summed E-state index contributed by atoms with van der Waals surface area (Å²) in [6.07, 6.45) is 16.0. The van der Waals surface area contributed by atoms with Gasteiger partial charge in [0.2, 0.25) is 0 Å². The van der Waals surface area contributed by atoms with Gasteiger partial charge in [0.15, 0.2) is 0 Å². The van der Waals surface area contributed by atoms with Crippen molar-refractivity contribution in [3.63, 3.8) is 0 Å². The van der Waals surface area contributed by atoms with E-state index in [1.54, 1.807) is 0 Å². The highest BCUT2D eigenvalue weighted by atomic mass is 14.4. The molecular weight excluding hydrogens is 374 g/mol. The van der Waals surface area contributed by atoms with E-state index in [2.05, 4.69) is 68.4 Å². The van der Waals surface area contributed by atoms with Crippen LogP contribution in [0.5, 0.6) is 0 Å². The summed E-state index contributed by atoms with van der Waals surface area (Å²) in [6.45, 7) is 4.47. The number of hydrogen-bond acceptors (Lipinski definition) is 1. The average Bonchev–Trinajstić information content (AvgIpc) is 2.84. The smallest absolute Gasteiger partial charge is 0.0689 e. The van der Waals surface area contributed by atoms with Gasteiger partial charge >= 0.3 is 0 Å². The molecule has 1 heteroatoms. The molecule has 0 N–H and O–H groups in total. The molecular formula is C30H41N. The Morgan fingerprint density at radius 3 is 1.87 bits per heavy atom. The van der Waals surface area contributed by atoms with Crippen LogP contribution in [0.3, 0.4) is 0 Å². The third-order valence-electron chi connectivity index (χ3n) is 7.52. The first-order valence-corrected chi connectivity index (χ1v) is 12.8. The molecule has 0 bridgehead atoms. The minimum atomic E-state index is -0.0547. The van der Waals surface area contributed by atoms with Crippen molar-refractivity contribution in [2.24, 2.45) is 5.41 Å². The van der Waals surface area contributed by atoms with Crippen LogP contribution in [-0.4, -0.2) is 0 Å². The zero-order valence-electron chi connectivity index (χ0n) is 19.8. The van der Waals surface area contributed by atoms with E-state index in [1.165, 1.54) is 67.2 Å². The molecule has 1 aliphatic carbocycles. The molecule has 3 rings (SSSR count). The van der Waals surface area contributed by atoms with Crippen LogP contribution in [0.4, 0.5) is 0 Å². The largest absolute Gasteiger partial charge is 0.198 e. The Balaban J connectivity index is 1.48. The van der Waals surface area contributed by atoms with Crippen molar-refractivity contribution < 1.29 is 0 Å². The monoisotopic (exact) mass is 415 g/mol. The number of hydrogen-bond donors (Lipinski definition) is 0. The molecule has 0 radical (unpaired) electrons. The summed E-state index contributed by atoms with van der Waals surface area (Å²) in [7, 11) is 0. The molecule has 2 aromatic rings. The Hall–Kier alpha value is -2.07. The fourth-order valence-corrected chi connectivity index (χ4v) is 5.22. The van der Waals surface area contributed by atoms with Crippen molar-refractivity contribution in [1.29, 1.82) is 5.26 Å². The maximum absolute atomic E-state index is 9.92. The van der Waals surface area contributed by atoms with E-state index in [9.17, 15) is 5.26 Å². The lowest BCUT2D eigenvalue weighted by molar-refractivity contribution is 0.223. The standard InChI is InChI=1S/C30H41N/c1-3-5-6-7-8-9-10-21-30(24-31)22-19-29(20-23-30)28-17-15-27(16-18-28)26-13-11-25(4-2)12-14-26/h11-18,29H,3-10,19-23H2,1-2H3. The van der Waals surface area contributed by atoms with Gasteiger partial charge in [0.25, 0.3) is 0 Å². The topological polar surface area (TPSA) is 23.8 Å². The highest BCUT2D eigenvalue weighted by molar-refractivity contribution is 5.64. The minimum absolute atomic E-state index is 0.0547. The maximum Gasteiger partial charge on any atom is 0.0689 e. The van der Waals surface area contributed by atoms with Crippen molar-refractivity contribution in [3.8, 4) is 17.2 Å². The van der Waals surface area contributed by atoms with Crippen molar-refractivity contribution in [2.45, 2.75) is 103 Å². The fraction of sp³-hybridized carbons (Fsp3) is 0.567. The van der Waals surface area contributed by atoms with Crippen LogP contribution in [0.15, 0.2) is 48.5 Å². The lowest BCUT2D eigenvalue weighted by atomic mass is 9.67. The van der Waals surface area contributed by atoms with E-state index in [-0.39, 0.29) is 5.41 Å². The van der Waals surface area contributed by atoms with E-state index < -0.39 is 0 Å². The summed E-state index contributed by atoms with van der Waals surface area (Å²) < 4.78 is 0. The van der Waals surface area contributed by atoms with Crippen LogP contribution in [0.2, 0.25) is 0 Å². The van der Waals surface area contributed by atoms with Gasteiger partial charge in [0, 0.05) is 0 Å². The number of aryl methyl sites for hydroxylation is 1.